The van der Waals surface area contributed by atoms with E-state index < -0.39 is 0 Å². The second-order valence-corrected chi connectivity index (χ2v) is 7.94. The average molecular weight is 354 g/mol. The van der Waals surface area contributed by atoms with E-state index in [0.29, 0.717) is 0 Å². The predicted molar refractivity (Wildman–Crippen MR) is 114 cm³/mol. The van der Waals surface area contributed by atoms with Gasteiger partial charge in [0.25, 0.3) is 0 Å². The zero-order chi connectivity index (χ0) is 18.8. The Morgan fingerprint density at radius 3 is 1.60 bits per heavy atom. The summed E-state index contributed by atoms with van der Waals surface area (Å²) in [7, 11) is 0. The van der Waals surface area contributed by atoms with Crippen LogP contribution in [-0.4, -0.2) is 36.6 Å². The Labute approximate surface area is 158 Å². The molecule has 2 atom stereocenters. The molecule has 3 heteroatoms. The van der Waals surface area contributed by atoms with E-state index in [0.717, 1.165) is 19.6 Å². The van der Waals surface area contributed by atoms with Gasteiger partial charge in [0.2, 0.25) is 0 Å². The molecule has 150 valence electrons. The molecule has 25 heavy (non-hydrogen) atoms. The van der Waals surface area contributed by atoms with E-state index in [1.165, 1.54) is 77.0 Å². The fraction of sp³-hybridized carbons (Fsp3) is 0.909. The average Bonchev–Trinajstić information content (AvgIpc) is 2.54. The number of nitrogens with two attached hydrogens (primary N) is 2. The first-order chi connectivity index (χ1) is 12.1. The Hall–Kier alpha value is -0.380. The van der Waals surface area contributed by atoms with Crippen LogP contribution in [0.2, 0.25) is 0 Å². The highest BCUT2D eigenvalue weighted by molar-refractivity contribution is 4.81. The lowest BCUT2D eigenvalue weighted by atomic mass is 10.1. The van der Waals surface area contributed by atoms with Crippen LogP contribution in [0.25, 0.3) is 0 Å². The zero-order valence-electron chi connectivity index (χ0n) is 17.5. The third-order valence-corrected chi connectivity index (χ3v) is 4.58. The molecule has 0 heterocycles. The number of hydrogen-bond acceptors (Lipinski definition) is 3. The summed E-state index contributed by atoms with van der Waals surface area (Å²) in [6, 6.07) is 0.454. The van der Waals surface area contributed by atoms with Crippen molar-refractivity contribution in [2.24, 2.45) is 11.5 Å². The van der Waals surface area contributed by atoms with Crippen LogP contribution in [0.3, 0.4) is 0 Å². The first-order valence-electron chi connectivity index (χ1n) is 10.9. The molecule has 2 unspecified atom stereocenters. The number of unbranched alkanes of at least 4 members (excludes halogenated alkanes) is 10. The van der Waals surface area contributed by atoms with Crippen molar-refractivity contribution >= 4 is 0 Å². The minimum absolute atomic E-state index is 0.227. The van der Waals surface area contributed by atoms with Gasteiger partial charge in [-0.2, -0.15) is 0 Å². The van der Waals surface area contributed by atoms with Gasteiger partial charge < -0.3 is 16.4 Å². The van der Waals surface area contributed by atoms with E-state index in [9.17, 15) is 0 Å². The van der Waals surface area contributed by atoms with Crippen molar-refractivity contribution in [3.8, 4) is 0 Å². The van der Waals surface area contributed by atoms with E-state index in [2.05, 4.69) is 37.8 Å². The summed E-state index contributed by atoms with van der Waals surface area (Å²) >= 11 is 0. The van der Waals surface area contributed by atoms with Crippen LogP contribution in [0, 0.1) is 0 Å². The minimum Gasteiger partial charge on any atom is -0.327 e. The van der Waals surface area contributed by atoms with Gasteiger partial charge in [0.05, 0.1) is 0 Å². The molecule has 0 aliphatic rings. The number of rotatable bonds is 18. The highest BCUT2D eigenvalue weighted by Gasteiger charge is 2.08. The van der Waals surface area contributed by atoms with Crippen molar-refractivity contribution in [3.05, 3.63) is 12.2 Å². The van der Waals surface area contributed by atoms with E-state index in [-0.39, 0.29) is 12.1 Å². The third kappa shape index (κ3) is 19.8. The van der Waals surface area contributed by atoms with Crippen LogP contribution in [0.4, 0.5) is 0 Å². The van der Waals surface area contributed by atoms with E-state index in [4.69, 9.17) is 11.5 Å². The van der Waals surface area contributed by atoms with Gasteiger partial charge in [-0.05, 0) is 52.5 Å². The summed E-state index contributed by atoms with van der Waals surface area (Å²) in [6.07, 6.45) is 21.0. The highest BCUT2D eigenvalue weighted by Crippen LogP contribution is 2.10. The lowest BCUT2D eigenvalue weighted by Gasteiger charge is -2.25. The molecule has 0 aliphatic carbocycles. The van der Waals surface area contributed by atoms with Crippen molar-refractivity contribution in [2.75, 3.05) is 19.6 Å². The Morgan fingerprint density at radius 1 is 0.680 bits per heavy atom. The molecular weight excluding hydrogens is 306 g/mol. The zero-order valence-corrected chi connectivity index (χ0v) is 17.5. The fourth-order valence-corrected chi connectivity index (χ4v) is 3.30. The predicted octanol–water partition coefficient (Wildman–Crippen LogP) is 5.24. The molecule has 0 aromatic carbocycles. The van der Waals surface area contributed by atoms with Gasteiger partial charge in [-0.15, -0.1) is 0 Å². The molecule has 0 saturated heterocycles. The van der Waals surface area contributed by atoms with Crippen LogP contribution in [0.1, 0.15) is 97.8 Å². The maximum atomic E-state index is 5.93. The van der Waals surface area contributed by atoms with Gasteiger partial charge in [-0.3, -0.25) is 0 Å². The molecule has 4 N–H and O–H groups in total. The smallest absolute Gasteiger partial charge is 0.0139 e. The van der Waals surface area contributed by atoms with Crippen molar-refractivity contribution < 1.29 is 0 Å². The third-order valence-electron chi connectivity index (χ3n) is 4.58. The van der Waals surface area contributed by atoms with Gasteiger partial charge in [-0.25, -0.2) is 0 Å². The molecule has 0 aliphatic heterocycles. The van der Waals surface area contributed by atoms with Gasteiger partial charge >= 0.3 is 0 Å². The highest BCUT2D eigenvalue weighted by atomic mass is 15.1. The Kier molecular flexibility index (Phi) is 18.1. The van der Waals surface area contributed by atoms with Crippen molar-refractivity contribution in [3.63, 3.8) is 0 Å². The summed E-state index contributed by atoms with van der Waals surface area (Å²) in [4.78, 5) is 2.42. The van der Waals surface area contributed by atoms with Crippen LogP contribution >= 0.6 is 0 Å². The van der Waals surface area contributed by atoms with Gasteiger partial charge in [0.1, 0.15) is 0 Å². The summed E-state index contributed by atoms with van der Waals surface area (Å²) in [5.41, 5.74) is 11.9. The lowest BCUT2D eigenvalue weighted by Crippen LogP contribution is -2.42. The number of hydrogen-bond donors (Lipinski definition) is 2. The topological polar surface area (TPSA) is 55.3 Å². The summed E-state index contributed by atoms with van der Waals surface area (Å²) in [6.45, 7) is 9.45. The monoisotopic (exact) mass is 353 g/mol. The summed E-state index contributed by atoms with van der Waals surface area (Å²) < 4.78 is 0. The molecule has 0 saturated carbocycles. The molecule has 0 amide bonds. The van der Waals surface area contributed by atoms with Crippen LogP contribution in [0.5, 0.6) is 0 Å². The quantitative estimate of drug-likeness (QED) is 0.262. The summed E-state index contributed by atoms with van der Waals surface area (Å²) in [5, 5.41) is 0. The van der Waals surface area contributed by atoms with Gasteiger partial charge in [0, 0.05) is 25.2 Å². The van der Waals surface area contributed by atoms with Crippen LogP contribution in [-0.2, 0) is 0 Å². The fourth-order valence-electron chi connectivity index (χ4n) is 3.30. The largest absolute Gasteiger partial charge is 0.327 e. The Morgan fingerprint density at radius 2 is 1.12 bits per heavy atom. The first kappa shape index (κ1) is 24.6. The molecule has 0 rings (SSSR count). The second kappa shape index (κ2) is 18.4. The van der Waals surface area contributed by atoms with E-state index >= 15 is 0 Å². The molecule has 0 aromatic heterocycles. The Balaban J connectivity index is 3.46. The van der Waals surface area contributed by atoms with Crippen molar-refractivity contribution in [2.45, 2.75) is 110 Å². The summed E-state index contributed by atoms with van der Waals surface area (Å²) in [5.74, 6) is 0. The molecule has 0 fully saturated rings. The molecule has 0 radical (unpaired) electrons. The second-order valence-electron chi connectivity index (χ2n) is 7.94. The van der Waals surface area contributed by atoms with Crippen molar-refractivity contribution in [1.29, 1.82) is 0 Å². The van der Waals surface area contributed by atoms with E-state index in [1.807, 2.05) is 0 Å². The standard InChI is InChI=1S/C22H47N3/c1-4-5-6-7-8-9-10-11-12-13-14-15-16-17-18-25(19-21(2)23)20-22(3)24/h13-14,21-22H,4-12,15-20,23-24H2,1-3H3/b14-13+. The SMILES string of the molecule is CCCCCCCCCC/C=C/CCCCN(CC(C)N)CC(C)N. The maximum Gasteiger partial charge on any atom is 0.0139 e. The molecule has 0 bridgehead atoms. The van der Waals surface area contributed by atoms with Crippen LogP contribution in [0.15, 0.2) is 12.2 Å². The van der Waals surface area contributed by atoms with E-state index in [1.54, 1.807) is 0 Å². The van der Waals surface area contributed by atoms with Gasteiger partial charge in [-0.1, -0.05) is 64.0 Å². The number of allylic oxidation sites excluding steroid dienone is 2. The van der Waals surface area contributed by atoms with Crippen LogP contribution < -0.4 is 11.5 Å². The molecule has 0 aromatic rings. The first-order valence-corrected chi connectivity index (χ1v) is 10.9. The maximum absolute atomic E-state index is 5.93. The Bertz CT molecular complexity index is 277. The molecular formula is C22H47N3. The molecule has 3 nitrogen and oxygen atoms in total. The normalized spacial score (nSPS) is 14.5. The van der Waals surface area contributed by atoms with Crippen molar-refractivity contribution in [1.82, 2.24) is 4.90 Å². The number of nitrogens with zero attached hydrogens (tertiary/aromatic N) is 1. The van der Waals surface area contributed by atoms with Gasteiger partial charge in [0.15, 0.2) is 0 Å². The lowest BCUT2D eigenvalue weighted by molar-refractivity contribution is 0.245. The molecule has 0 spiro atoms. The minimum atomic E-state index is 0.227.